The van der Waals surface area contributed by atoms with Gasteiger partial charge < -0.3 is 5.73 Å². The first kappa shape index (κ1) is 13.6. The molecule has 84 valence electrons. The van der Waals surface area contributed by atoms with Crippen molar-refractivity contribution in [2.24, 2.45) is 23.0 Å². The Morgan fingerprint density at radius 1 is 1.29 bits per heavy atom. The van der Waals surface area contributed by atoms with Crippen LogP contribution in [0.25, 0.3) is 0 Å². The number of ketones is 1. The highest BCUT2D eigenvalue weighted by Crippen LogP contribution is 2.22. The second-order valence-corrected chi connectivity index (χ2v) is 5.61. The lowest BCUT2D eigenvalue weighted by atomic mass is 9.83. The van der Waals surface area contributed by atoms with Crippen LogP contribution in [0.1, 0.15) is 47.5 Å². The topological polar surface area (TPSA) is 43.1 Å². The van der Waals surface area contributed by atoms with E-state index >= 15 is 0 Å². The fourth-order valence-corrected chi connectivity index (χ4v) is 1.50. The Bertz CT molecular complexity index is 179. The van der Waals surface area contributed by atoms with E-state index in [1.54, 1.807) is 0 Å². The molecular formula is C12H25NO. The second kappa shape index (κ2) is 5.50. The van der Waals surface area contributed by atoms with Crippen molar-refractivity contribution in [2.45, 2.75) is 47.5 Å². The van der Waals surface area contributed by atoms with Crippen molar-refractivity contribution < 1.29 is 4.79 Å². The lowest BCUT2D eigenvalue weighted by molar-refractivity contribution is -0.127. The van der Waals surface area contributed by atoms with Gasteiger partial charge in [-0.2, -0.15) is 0 Å². The van der Waals surface area contributed by atoms with Crippen molar-refractivity contribution in [1.29, 1.82) is 0 Å². The maximum atomic E-state index is 11.8. The molecule has 0 rings (SSSR count). The van der Waals surface area contributed by atoms with E-state index < -0.39 is 0 Å². The highest BCUT2D eigenvalue weighted by atomic mass is 16.1. The quantitative estimate of drug-likeness (QED) is 0.739. The molecule has 0 fully saturated rings. The van der Waals surface area contributed by atoms with Crippen LogP contribution in [0.5, 0.6) is 0 Å². The summed E-state index contributed by atoms with van der Waals surface area (Å²) in [5.41, 5.74) is 5.44. The Morgan fingerprint density at radius 3 is 2.07 bits per heavy atom. The number of carbonyl (C=O) groups is 1. The van der Waals surface area contributed by atoms with Gasteiger partial charge in [0.25, 0.3) is 0 Å². The zero-order valence-electron chi connectivity index (χ0n) is 10.3. The molecule has 0 spiro atoms. The fraction of sp³-hybridized carbons (Fsp3) is 0.917. The van der Waals surface area contributed by atoms with Gasteiger partial charge in [0.2, 0.25) is 0 Å². The SMILES string of the molecule is CC(C)CC(CN)CC(=O)C(C)(C)C. The highest BCUT2D eigenvalue weighted by molar-refractivity contribution is 5.83. The largest absolute Gasteiger partial charge is 0.330 e. The van der Waals surface area contributed by atoms with Gasteiger partial charge in [-0.15, -0.1) is 0 Å². The molecule has 0 aliphatic rings. The van der Waals surface area contributed by atoms with Crippen LogP contribution in [0.15, 0.2) is 0 Å². The van der Waals surface area contributed by atoms with Gasteiger partial charge in [0.1, 0.15) is 5.78 Å². The fourth-order valence-electron chi connectivity index (χ4n) is 1.50. The zero-order chi connectivity index (χ0) is 11.4. The van der Waals surface area contributed by atoms with E-state index in [4.69, 9.17) is 5.73 Å². The van der Waals surface area contributed by atoms with E-state index in [1.807, 2.05) is 20.8 Å². The van der Waals surface area contributed by atoms with Crippen molar-refractivity contribution in [3.8, 4) is 0 Å². The van der Waals surface area contributed by atoms with Crippen LogP contribution >= 0.6 is 0 Å². The summed E-state index contributed by atoms with van der Waals surface area (Å²) in [5, 5.41) is 0. The maximum absolute atomic E-state index is 11.8. The first-order valence-electron chi connectivity index (χ1n) is 5.50. The molecule has 0 aromatic heterocycles. The van der Waals surface area contributed by atoms with Crippen LogP contribution in [-0.4, -0.2) is 12.3 Å². The molecular weight excluding hydrogens is 174 g/mol. The molecule has 0 heterocycles. The van der Waals surface area contributed by atoms with Gasteiger partial charge in [-0.25, -0.2) is 0 Å². The second-order valence-electron chi connectivity index (χ2n) is 5.61. The van der Waals surface area contributed by atoms with Gasteiger partial charge >= 0.3 is 0 Å². The summed E-state index contributed by atoms with van der Waals surface area (Å²) in [5.74, 6) is 1.31. The van der Waals surface area contributed by atoms with Crippen LogP contribution < -0.4 is 5.73 Å². The summed E-state index contributed by atoms with van der Waals surface area (Å²) < 4.78 is 0. The number of nitrogens with two attached hydrogens (primary N) is 1. The van der Waals surface area contributed by atoms with E-state index in [0.29, 0.717) is 30.6 Å². The maximum Gasteiger partial charge on any atom is 0.138 e. The molecule has 14 heavy (non-hydrogen) atoms. The van der Waals surface area contributed by atoms with Gasteiger partial charge in [0, 0.05) is 11.8 Å². The molecule has 1 unspecified atom stereocenters. The number of hydrogen-bond acceptors (Lipinski definition) is 2. The van der Waals surface area contributed by atoms with E-state index in [1.165, 1.54) is 0 Å². The van der Waals surface area contributed by atoms with Gasteiger partial charge in [-0.1, -0.05) is 34.6 Å². The van der Waals surface area contributed by atoms with Crippen LogP contribution in [0.4, 0.5) is 0 Å². The summed E-state index contributed by atoms with van der Waals surface area (Å²) in [6, 6.07) is 0. The molecule has 0 radical (unpaired) electrons. The molecule has 0 aliphatic carbocycles. The summed E-state index contributed by atoms with van der Waals surface area (Å²) in [6.45, 7) is 10.9. The molecule has 2 heteroatoms. The lowest BCUT2D eigenvalue weighted by Crippen LogP contribution is -2.27. The highest BCUT2D eigenvalue weighted by Gasteiger charge is 2.24. The van der Waals surface area contributed by atoms with Crippen LogP contribution in [0, 0.1) is 17.3 Å². The minimum atomic E-state index is -0.218. The molecule has 0 aliphatic heterocycles. The molecule has 0 aromatic rings. The number of carbonyl (C=O) groups excluding carboxylic acids is 1. The Morgan fingerprint density at radius 2 is 1.79 bits per heavy atom. The summed E-state index contributed by atoms with van der Waals surface area (Å²) in [4.78, 5) is 11.8. The number of Topliss-reactive ketones (excluding diaryl/α,β-unsaturated/α-hetero) is 1. The van der Waals surface area contributed by atoms with Crippen molar-refractivity contribution >= 4 is 5.78 Å². The van der Waals surface area contributed by atoms with E-state index in [2.05, 4.69) is 13.8 Å². The lowest BCUT2D eigenvalue weighted by Gasteiger charge is -2.22. The Kier molecular flexibility index (Phi) is 5.35. The first-order chi connectivity index (χ1) is 6.27. The van der Waals surface area contributed by atoms with Crippen molar-refractivity contribution in [3.05, 3.63) is 0 Å². The van der Waals surface area contributed by atoms with E-state index in [0.717, 1.165) is 6.42 Å². The molecule has 0 saturated heterocycles. The van der Waals surface area contributed by atoms with Crippen LogP contribution in [0.3, 0.4) is 0 Å². The molecule has 0 saturated carbocycles. The molecule has 0 amide bonds. The number of hydrogen-bond donors (Lipinski definition) is 1. The van der Waals surface area contributed by atoms with Crippen LogP contribution in [0.2, 0.25) is 0 Å². The first-order valence-corrected chi connectivity index (χ1v) is 5.50. The Hall–Kier alpha value is -0.370. The van der Waals surface area contributed by atoms with Crippen molar-refractivity contribution in [2.75, 3.05) is 6.54 Å². The normalized spacial score (nSPS) is 14.5. The third-order valence-electron chi connectivity index (χ3n) is 2.45. The van der Waals surface area contributed by atoms with Gasteiger partial charge in [-0.3, -0.25) is 4.79 Å². The van der Waals surface area contributed by atoms with Crippen molar-refractivity contribution in [1.82, 2.24) is 0 Å². The standard InChI is InChI=1S/C12H25NO/c1-9(2)6-10(8-13)7-11(14)12(3,4)5/h9-10H,6-8,13H2,1-5H3. The van der Waals surface area contributed by atoms with E-state index in [9.17, 15) is 4.79 Å². The predicted octanol–water partition coefficient (Wildman–Crippen LogP) is 2.61. The third kappa shape index (κ3) is 5.38. The third-order valence-corrected chi connectivity index (χ3v) is 2.45. The summed E-state index contributed by atoms with van der Waals surface area (Å²) >= 11 is 0. The average Bonchev–Trinajstić information content (AvgIpc) is 2.00. The Balaban J connectivity index is 4.12. The average molecular weight is 199 g/mol. The molecule has 0 bridgehead atoms. The van der Waals surface area contributed by atoms with Crippen LogP contribution in [-0.2, 0) is 4.79 Å². The molecule has 0 aromatic carbocycles. The van der Waals surface area contributed by atoms with E-state index in [-0.39, 0.29) is 5.41 Å². The molecule has 1 atom stereocenters. The monoisotopic (exact) mass is 199 g/mol. The number of rotatable bonds is 5. The summed E-state index contributed by atoms with van der Waals surface area (Å²) in [7, 11) is 0. The minimum absolute atomic E-state index is 0.218. The zero-order valence-corrected chi connectivity index (χ0v) is 10.3. The Labute approximate surface area is 88.3 Å². The molecule has 2 nitrogen and oxygen atoms in total. The van der Waals surface area contributed by atoms with Gasteiger partial charge in [0.05, 0.1) is 0 Å². The summed E-state index contributed by atoms with van der Waals surface area (Å²) in [6.07, 6.45) is 1.69. The van der Waals surface area contributed by atoms with Gasteiger partial charge in [0.15, 0.2) is 0 Å². The predicted molar refractivity (Wildman–Crippen MR) is 61.1 cm³/mol. The van der Waals surface area contributed by atoms with Gasteiger partial charge in [-0.05, 0) is 24.8 Å². The van der Waals surface area contributed by atoms with Crippen molar-refractivity contribution in [3.63, 3.8) is 0 Å². The minimum Gasteiger partial charge on any atom is -0.330 e. The smallest absolute Gasteiger partial charge is 0.138 e. The molecule has 2 N–H and O–H groups in total.